The number of hydrogen-bond acceptors (Lipinski definition) is 14. The van der Waals surface area contributed by atoms with Gasteiger partial charge in [0, 0.05) is 78.4 Å². The maximum absolute atomic E-state index is 12.8. The van der Waals surface area contributed by atoms with Crippen LogP contribution in [0, 0.1) is 51.3 Å². The van der Waals surface area contributed by atoms with Gasteiger partial charge in [-0.2, -0.15) is 13.2 Å². The highest BCUT2D eigenvalue weighted by molar-refractivity contribution is 6.31. The number of likely N-dealkylation sites (N-methyl/N-ethyl adjacent to an activating group) is 1. The maximum atomic E-state index is 12.8. The summed E-state index contributed by atoms with van der Waals surface area (Å²) in [5.41, 5.74) is 14.3. The fraction of sp³-hybridized carbons (Fsp3) is 0.386. The summed E-state index contributed by atoms with van der Waals surface area (Å²) in [6.45, 7) is 27.3. The first-order valence-electron chi connectivity index (χ1n) is 25.1. The van der Waals surface area contributed by atoms with Gasteiger partial charge in [0.2, 0.25) is 5.91 Å². The third-order valence-corrected chi connectivity index (χ3v) is 12.4. The third-order valence-electron chi connectivity index (χ3n) is 12.2. The van der Waals surface area contributed by atoms with Gasteiger partial charge in [-0.3, -0.25) is 34.3 Å². The first-order chi connectivity index (χ1) is 37.4. The largest absolute Gasteiger partial charge is 0.490 e. The molecular formula is C57H67ClF3N7O11. The normalized spacial score (nSPS) is 14.6. The smallest absolute Gasteiger partial charge is 0.475 e. The molecule has 0 radical (unpaired) electrons. The Kier molecular flexibility index (Phi) is 26.0. The number of halogens is 4. The molecule has 0 spiro atoms. The summed E-state index contributed by atoms with van der Waals surface area (Å²) < 4.78 is 53.4. The van der Waals surface area contributed by atoms with Crippen molar-refractivity contribution < 1.29 is 61.3 Å². The Balaban J connectivity index is 0.000000260. The van der Waals surface area contributed by atoms with Crippen LogP contribution in [-0.4, -0.2) is 153 Å². The van der Waals surface area contributed by atoms with Crippen molar-refractivity contribution >= 4 is 57.8 Å². The zero-order valence-corrected chi connectivity index (χ0v) is 45.9. The topological polar surface area (TPSA) is 221 Å². The molecule has 5 aromatic carbocycles. The zero-order chi connectivity index (χ0) is 58.2. The lowest BCUT2D eigenvalue weighted by Gasteiger charge is -2.25. The quantitative estimate of drug-likeness (QED) is 0.0348. The molecule has 3 heterocycles. The predicted molar refractivity (Wildman–Crippen MR) is 296 cm³/mol. The number of carboxylic acid groups (broad SMARTS) is 1. The van der Waals surface area contributed by atoms with Crippen LogP contribution in [0.1, 0.15) is 54.1 Å². The number of nitro groups is 1. The molecule has 8 rings (SSSR count). The number of rotatable bonds is 12. The second kappa shape index (κ2) is 31.9. The predicted octanol–water partition coefficient (Wildman–Crippen LogP) is 9.88. The van der Waals surface area contributed by atoms with Crippen LogP contribution in [0.4, 0.5) is 35.9 Å². The van der Waals surface area contributed by atoms with E-state index in [0.29, 0.717) is 73.0 Å². The molecule has 0 unspecified atom stereocenters. The lowest BCUT2D eigenvalue weighted by Crippen LogP contribution is -2.39. The molecule has 18 nitrogen and oxygen atoms in total. The lowest BCUT2D eigenvalue weighted by atomic mass is 10.0. The highest BCUT2D eigenvalue weighted by Crippen LogP contribution is 2.32. The Morgan fingerprint density at radius 2 is 1.27 bits per heavy atom. The molecule has 3 aliphatic rings. The number of ether oxygens (including phenoxy) is 4. The van der Waals surface area contributed by atoms with E-state index in [-0.39, 0.29) is 34.5 Å². The first kappa shape index (κ1) is 64.2. The number of Topliss-reactive ketones (excluding diaryl/α,β-unsaturated/α-hetero) is 2. The number of nitrogen functional groups attached to an aromatic ring is 1. The molecule has 3 aliphatic heterocycles. The second-order valence-electron chi connectivity index (χ2n) is 18.7. The number of carboxylic acids is 1. The Morgan fingerprint density at radius 1 is 0.734 bits per heavy atom. The molecule has 1 amide bonds. The van der Waals surface area contributed by atoms with E-state index in [0.717, 1.165) is 97.1 Å². The molecule has 0 aromatic heterocycles. The van der Waals surface area contributed by atoms with Crippen molar-refractivity contribution in [2.75, 3.05) is 110 Å². The third kappa shape index (κ3) is 22.9. The number of aryl methyl sites for hydroxylation is 5. The minimum atomic E-state index is -5.08. The van der Waals surface area contributed by atoms with E-state index in [9.17, 15) is 37.7 Å². The van der Waals surface area contributed by atoms with Crippen LogP contribution in [0.25, 0.3) is 4.85 Å². The van der Waals surface area contributed by atoms with Crippen molar-refractivity contribution in [3.8, 4) is 11.5 Å². The number of anilines is 2. The van der Waals surface area contributed by atoms with Gasteiger partial charge in [-0.1, -0.05) is 35.4 Å². The molecule has 79 heavy (non-hydrogen) atoms. The first-order valence-corrected chi connectivity index (χ1v) is 25.5. The van der Waals surface area contributed by atoms with Crippen LogP contribution >= 0.6 is 11.6 Å². The van der Waals surface area contributed by atoms with Gasteiger partial charge in [0.05, 0.1) is 70.6 Å². The van der Waals surface area contributed by atoms with Crippen molar-refractivity contribution in [2.24, 2.45) is 0 Å². The fourth-order valence-electron chi connectivity index (χ4n) is 7.64. The van der Waals surface area contributed by atoms with Crippen molar-refractivity contribution in [1.82, 2.24) is 14.7 Å². The molecule has 3 fully saturated rings. The van der Waals surface area contributed by atoms with Gasteiger partial charge < -0.3 is 40.0 Å². The van der Waals surface area contributed by atoms with E-state index in [1.54, 1.807) is 61.5 Å². The van der Waals surface area contributed by atoms with E-state index in [1.165, 1.54) is 6.07 Å². The van der Waals surface area contributed by atoms with Crippen LogP contribution in [0.2, 0.25) is 5.02 Å². The van der Waals surface area contributed by atoms with Crippen molar-refractivity contribution in [1.29, 1.82) is 0 Å². The SMILES string of the molecule is CN1CCOCC1.Cc1cc(C(=O)CN2CCOCC2)ccc1N.Cc1ccc([N+](=O)[O-])c(C)c1.O=C(O)C(F)(F)F.[C-]#[N+]c1cc(Cl)cc(Oc2cc(CC(=O)Nc3ccc(C(=O)CN4CCOCC4)cc3C)ccc2C)c1. The number of aliphatic carboxylic acids is 1. The summed E-state index contributed by atoms with van der Waals surface area (Å²) in [4.78, 5) is 66.3. The number of carbonyl (C=O) groups is 4. The average Bonchev–Trinajstić information content (AvgIpc) is 3.39. The molecule has 0 bridgehead atoms. The number of carbonyl (C=O) groups excluding carboxylic acids is 3. The average molecular weight is 1120 g/mol. The van der Waals surface area contributed by atoms with Crippen LogP contribution in [0.15, 0.2) is 91.0 Å². The molecule has 5 aromatic rings. The maximum Gasteiger partial charge on any atom is 0.490 e. The number of nitrogens with two attached hydrogens (primary N) is 1. The molecule has 424 valence electrons. The van der Waals surface area contributed by atoms with E-state index >= 15 is 0 Å². The molecule has 0 atom stereocenters. The van der Waals surface area contributed by atoms with Gasteiger partial charge in [-0.05, 0) is 131 Å². The number of alkyl halides is 3. The van der Waals surface area contributed by atoms with Crippen molar-refractivity contribution in [3.05, 3.63) is 162 Å². The Morgan fingerprint density at radius 3 is 1.73 bits per heavy atom. The monoisotopic (exact) mass is 1120 g/mol. The molecule has 0 aliphatic carbocycles. The summed E-state index contributed by atoms with van der Waals surface area (Å²) in [7, 11) is 2.11. The van der Waals surface area contributed by atoms with E-state index in [4.69, 9.17) is 52.8 Å². The van der Waals surface area contributed by atoms with Gasteiger partial charge in [0.1, 0.15) is 11.5 Å². The lowest BCUT2D eigenvalue weighted by molar-refractivity contribution is -0.385. The van der Waals surface area contributed by atoms with Gasteiger partial charge >= 0.3 is 12.1 Å². The zero-order valence-electron chi connectivity index (χ0n) is 45.1. The highest BCUT2D eigenvalue weighted by atomic mass is 35.5. The number of amides is 1. The van der Waals surface area contributed by atoms with Gasteiger partial charge in [-0.15, -0.1) is 0 Å². The van der Waals surface area contributed by atoms with E-state index < -0.39 is 12.1 Å². The molecule has 4 N–H and O–H groups in total. The summed E-state index contributed by atoms with van der Waals surface area (Å²) >= 11 is 6.09. The summed E-state index contributed by atoms with van der Waals surface area (Å²) in [5.74, 6) is -1.69. The molecule has 22 heteroatoms. The number of hydrogen-bond donors (Lipinski definition) is 3. The van der Waals surface area contributed by atoms with E-state index in [2.05, 4.69) is 31.9 Å². The number of benzene rings is 5. The number of nitrogens with one attached hydrogen (secondary N) is 1. The molecule has 3 saturated heterocycles. The standard InChI is InChI=1S/C29H28ClN3O4.C13H18N2O2.C8H9NO2.C5H11NO.C2HF3O2/c1-19-4-5-21(13-28(19)37-25-16-23(30)15-24(17-25)31-3)14-29(35)32-26-7-6-22(12-20(26)2)27(34)18-33-8-10-36-11-9-33;1-10-8-11(2-3-12(10)14)13(16)9-15-4-6-17-7-5-15;1-6-3-4-8(9(10)11)7(2)5-6;1-6-2-4-7-5-3-6;3-2(4,5)1(6)7/h4-7,12-13,15-17H,8-11,14,18H2,1-2H3,(H,32,35);2-3,8H,4-7,9,14H2,1H3;3-5H,1-2H3;2-5H2,1H3;(H,6,7). The Hall–Kier alpha value is -7.29. The van der Waals surface area contributed by atoms with Crippen LogP contribution in [0.5, 0.6) is 11.5 Å². The number of nitro benzene ring substituents is 1. The van der Waals surface area contributed by atoms with Crippen LogP contribution in [-0.2, 0) is 30.2 Å². The van der Waals surface area contributed by atoms with Gasteiger partial charge in [0.25, 0.3) is 5.69 Å². The van der Waals surface area contributed by atoms with Crippen LogP contribution in [0.3, 0.4) is 0 Å². The summed E-state index contributed by atoms with van der Waals surface area (Å²) in [6.07, 6.45) is -4.93. The van der Waals surface area contributed by atoms with Gasteiger partial charge in [0.15, 0.2) is 17.3 Å². The Bertz CT molecular complexity index is 2920. The highest BCUT2D eigenvalue weighted by Gasteiger charge is 2.38. The number of ketones is 2. The summed E-state index contributed by atoms with van der Waals surface area (Å²) in [6, 6.07) is 26.3. The minimum absolute atomic E-state index is 0.0540. The summed E-state index contributed by atoms with van der Waals surface area (Å²) in [5, 5.41) is 20.8. The number of morpholine rings is 3. The Labute approximate surface area is 463 Å². The van der Waals surface area contributed by atoms with Gasteiger partial charge in [-0.25, -0.2) is 9.64 Å². The van der Waals surface area contributed by atoms with Crippen molar-refractivity contribution in [2.45, 2.75) is 47.2 Å². The van der Waals surface area contributed by atoms with Crippen LogP contribution < -0.4 is 15.8 Å². The second-order valence-corrected chi connectivity index (χ2v) is 19.1. The fourth-order valence-corrected chi connectivity index (χ4v) is 7.86. The minimum Gasteiger partial charge on any atom is -0.475 e. The van der Waals surface area contributed by atoms with E-state index in [1.807, 2.05) is 58.0 Å². The van der Waals surface area contributed by atoms with Crippen molar-refractivity contribution in [3.63, 3.8) is 0 Å². The molecule has 0 saturated carbocycles. The molecular weight excluding hydrogens is 1050 g/mol. The number of nitrogens with zero attached hydrogens (tertiary/aromatic N) is 5.